The first-order valence-electron chi connectivity index (χ1n) is 7.87. The van der Waals surface area contributed by atoms with Gasteiger partial charge in [0.1, 0.15) is 11.0 Å². The van der Waals surface area contributed by atoms with Crippen LogP contribution in [-0.2, 0) is 6.42 Å². The highest BCUT2D eigenvalue weighted by Crippen LogP contribution is 2.22. The lowest BCUT2D eigenvalue weighted by molar-refractivity contribution is 0.0673. The van der Waals surface area contributed by atoms with E-state index in [2.05, 4.69) is 25.6 Å². The zero-order valence-corrected chi connectivity index (χ0v) is 12.7. The van der Waals surface area contributed by atoms with E-state index in [1.807, 2.05) is 23.1 Å². The molecule has 3 aromatic rings. The van der Waals surface area contributed by atoms with Crippen LogP contribution in [0.1, 0.15) is 28.9 Å². The molecule has 4 rings (SSSR count). The first-order chi connectivity index (χ1) is 11.3. The number of fused-ring (bicyclic) bond motifs is 1. The van der Waals surface area contributed by atoms with Gasteiger partial charge >= 0.3 is 0 Å². The average Bonchev–Trinajstić information content (AvgIpc) is 3.25. The quantitative estimate of drug-likeness (QED) is 0.771. The number of carbonyl (C=O) groups excluding carboxylic acids is 1. The van der Waals surface area contributed by atoms with Crippen LogP contribution in [0.15, 0.2) is 30.5 Å². The molecule has 1 aliphatic heterocycles. The van der Waals surface area contributed by atoms with Crippen molar-refractivity contribution in [1.29, 1.82) is 0 Å². The summed E-state index contributed by atoms with van der Waals surface area (Å²) in [4.78, 5) is 14.7. The van der Waals surface area contributed by atoms with E-state index >= 15 is 0 Å². The van der Waals surface area contributed by atoms with Gasteiger partial charge in [-0.05, 0) is 49.4 Å². The molecule has 1 saturated heterocycles. The molecule has 7 heteroatoms. The van der Waals surface area contributed by atoms with Crippen molar-refractivity contribution >= 4 is 16.9 Å². The molecule has 0 spiro atoms. The van der Waals surface area contributed by atoms with Gasteiger partial charge in [0.15, 0.2) is 0 Å². The van der Waals surface area contributed by atoms with Crippen LogP contribution < -0.4 is 0 Å². The minimum atomic E-state index is 0.0733. The van der Waals surface area contributed by atoms with E-state index in [-0.39, 0.29) is 5.91 Å². The summed E-state index contributed by atoms with van der Waals surface area (Å²) >= 11 is 0. The van der Waals surface area contributed by atoms with Crippen LogP contribution >= 0.6 is 0 Å². The van der Waals surface area contributed by atoms with Crippen molar-refractivity contribution in [2.75, 3.05) is 13.1 Å². The molecule has 0 aliphatic carbocycles. The zero-order valence-electron chi connectivity index (χ0n) is 12.7. The van der Waals surface area contributed by atoms with Crippen molar-refractivity contribution in [3.63, 3.8) is 0 Å². The fraction of sp³-hybridized carbons (Fsp3) is 0.375. The van der Waals surface area contributed by atoms with E-state index in [4.69, 9.17) is 0 Å². The minimum absolute atomic E-state index is 0.0733. The van der Waals surface area contributed by atoms with E-state index in [1.54, 1.807) is 12.3 Å². The van der Waals surface area contributed by atoms with Crippen LogP contribution in [0.3, 0.4) is 0 Å². The third kappa shape index (κ3) is 2.81. The third-order valence-corrected chi connectivity index (χ3v) is 4.44. The highest BCUT2D eigenvalue weighted by Gasteiger charge is 2.25. The van der Waals surface area contributed by atoms with Crippen molar-refractivity contribution in [2.24, 2.45) is 5.92 Å². The molecule has 0 radical (unpaired) electrons. The van der Waals surface area contributed by atoms with Crippen LogP contribution in [-0.4, -0.2) is 49.5 Å². The highest BCUT2D eigenvalue weighted by molar-refractivity contribution is 5.97. The Balaban J connectivity index is 1.48. The number of hydrogen-bond acceptors (Lipinski definition) is 4. The van der Waals surface area contributed by atoms with E-state index in [9.17, 15) is 4.79 Å². The molecule has 2 N–H and O–H groups in total. The fourth-order valence-electron chi connectivity index (χ4n) is 3.28. The summed E-state index contributed by atoms with van der Waals surface area (Å²) in [6.45, 7) is 1.60. The SMILES string of the molecule is O=C(c1ccc2n[nH]nc2c1)N1CCC[C@@H](Cc2ccn[nH]2)C1. The zero-order chi connectivity index (χ0) is 15.6. The van der Waals surface area contributed by atoms with Gasteiger partial charge in [-0.25, -0.2) is 0 Å². The lowest BCUT2D eigenvalue weighted by atomic mass is 9.93. The van der Waals surface area contributed by atoms with E-state index in [0.717, 1.165) is 49.1 Å². The second-order valence-electron chi connectivity index (χ2n) is 6.07. The molecule has 3 heterocycles. The molecule has 1 fully saturated rings. The highest BCUT2D eigenvalue weighted by atomic mass is 16.2. The Morgan fingerprint density at radius 2 is 2.17 bits per heavy atom. The van der Waals surface area contributed by atoms with Crippen molar-refractivity contribution in [3.8, 4) is 0 Å². The Hall–Kier alpha value is -2.70. The number of rotatable bonds is 3. The van der Waals surface area contributed by atoms with Crippen LogP contribution in [0.5, 0.6) is 0 Å². The summed E-state index contributed by atoms with van der Waals surface area (Å²) in [7, 11) is 0. The van der Waals surface area contributed by atoms with Gasteiger partial charge in [0.2, 0.25) is 0 Å². The van der Waals surface area contributed by atoms with Crippen molar-refractivity contribution in [3.05, 3.63) is 41.7 Å². The summed E-state index contributed by atoms with van der Waals surface area (Å²) in [5, 5.41) is 17.6. The molecular weight excluding hydrogens is 292 g/mol. The number of aromatic amines is 2. The molecule has 118 valence electrons. The number of nitrogens with one attached hydrogen (secondary N) is 2. The number of hydrogen-bond donors (Lipinski definition) is 2. The van der Waals surface area contributed by atoms with Gasteiger partial charge in [-0.15, -0.1) is 0 Å². The maximum absolute atomic E-state index is 12.8. The van der Waals surface area contributed by atoms with Crippen LogP contribution in [0.2, 0.25) is 0 Å². The lowest BCUT2D eigenvalue weighted by Gasteiger charge is -2.32. The molecule has 0 bridgehead atoms. The first-order valence-corrected chi connectivity index (χ1v) is 7.87. The summed E-state index contributed by atoms with van der Waals surface area (Å²) < 4.78 is 0. The first kappa shape index (κ1) is 13.9. The van der Waals surface area contributed by atoms with Crippen molar-refractivity contribution in [1.82, 2.24) is 30.5 Å². The smallest absolute Gasteiger partial charge is 0.253 e. The molecule has 2 aromatic heterocycles. The van der Waals surface area contributed by atoms with Gasteiger partial charge in [-0.2, -0.15) is 20.5 Å². The van der Waals surface area contributed by atoms with Gasteiger partial charge in [-0.1, -0.05) is 0 Å². The molecule has 1 aliphatic rings. The van der Waals surface area contributed by atoms with E-state index < -0.39 is 0 Å². The number of nitrogens with zero attached hydrogens (tertiary/aromatic N) is 4. The summed E-state index contributed by atoms with van der Waals surface area (Å²) in [6, 6.07) is 7.46. The number of likely N-dealkylation sites (tertiary alicyclic amines) is 1. The van der Waals surface area contributed by atoms with Gasteiger partial charge in [-0.3, -0.25) is 9.89 Å². The Bertz CT molecular complexity index is 809. The molecule has 7 nitrogen and oxygen atoms in total. The average molecular weight is 310 g/mol. The predicted octanol–water partition coefficient (Wildman–Crippen LogP) is 1.78. The predicted molar refractivity (Wildman–Crippen MR) is 84.8 cm³/mol. The number of piperidine rings is 1. The second-order valence-corrected chi connectivity index (χ2v) is 6.07. The monoisotopic (exact) mass is 310 g/mol. The lowest BCUT2D eigenvalue weighted by Crippen LogP contribution is -2.40. The van der Waals surface area contributed by atoms with Crippen molar-refractivity contribution < 1.29 is 4.79 Å². The number of H-pyrrole nitrogens is 2. The van der Waals surface area contributed by atoms with Gasteiger partial charge in [0.25, 0.3) is 5.91 Å². The molecule has 0 saturated carbocycles. The third-order valence-electron chi connectivity index (χ3n) is 4.44. The van der Waals surface area contributed by atoms with Gasteiger partial charge in [0.05, 0.1) is 0 Å². The minimum Gasteiger partial charge on any atom is -0.338 e. The van der Waals surface area contributed by atoms with Gasteiger partial charge < -0.3 is 4.90 Å². The van der Waals surface area contributed by atoms with Crippen LogP contribution in [0.4, 0.5) is 0 Å². The van der Waals surface area contributed by atoms with Crippen LogP contribution in [0, 0.1) is 5.92 Å². The van der Waals surface area contributed by atoms with Crippen LogP contribution in [0.25, 0.3) is 11.0 Å². The molecule has 1 atom stereocenters. The Morgan fingerprint density at radius 3 is 3.04 bits per heavy atom. The summed E-state index contributed by atoms with van der Waals surface area (Å²) in [5.74, 6) is 0.549. The Labute approximate surface area is 133 Å². The number of benzene rings is 1. The molecule has 1 amide bonds. The normalized spacial score (nSPS) is 18.4. The number of aromatic nitrogens is 5. The number of carbonyl (C=O) groups is 1. The number of amides is 1. The van der Waals surface area contributed by atoms with E-state index in [0.29, 0.717) is 11.5 Å². The standard InChI is InChI=1S/C16H18N6O/c23-16(12-3-4-14-15(9-12)20-21-19-14)22-7-1-2-11(10-22)8-13-5-6-17-18-13/h3-6,9,11H,1-2,7-8,10H2,(H,17,18)(H,19,20,21)/t11-/m0/s1. The topological polar surface area (TPSA) is 90.6 Å². The summed E-state index contributed by atoms with van der Waals surface area (Å²) in [5.41, 5.74) is 3.31. The molecule has 23 heavy (non-hydrogen) atoms. The maximum atomic E-state index is 12.8. The Morgan fingerprint density at radius 1 is 1.26 bits per heavy atom. The Kier molecular flexibility index (Phi) is 3.53. The largest absolute Gasteiger partial charge is 0.338 e. The molecule has 0 unspecified atom stereocenters. The summed E-state index contributed by atoms with van der Waals surface area (Å²) in [6.07, 6.45) is 4.89. The molecule has 1 aromatic carbocycles. The van der Waals surface area contributed by atoms with E-state index in [1.165, 1.54) is 0 Å². The maximum Gasteiger partial charge on any atom is 0.253 e. The van der Waals surface area contributed by atoms with Crippen molar-refractivity contribution in [2.45, 2.75) is 19.3 Å². The second kappa shape index (κ2) is 5.83. The molecular formula is C16H18N6O. The fourth-order valence-corrected chi connectivity index (χ4v) is 3.28. The van der Waals surface area contributed by atoms with Gasteiger partial charge in [0, 0.05) is 30.5 Å².